The third-order valence-electron chi connectivity index (χ3n) is 5.46. The first-order valence-electron chi connectivity index (χ1n) is 9.78. The SMILES string of the molecule is Cc1ccccc1C(=O)Nc1ccnn1C1CCN(C(=O)c2sccc2C)CC1. The van der Waals surface area contributed by atoms with Crippen molar-refractivity contribution in [3.8, 4) is 0 Å². The van der Waals surface area contributed by atoms with Crippen LogP contribution in [0.5, 0.6) is 0 Å². The Balaban J connectivity index is 1.42. The lowest BCUT2D eigenvalue weighted by molar-refractivity contribution is 0.0695. The van der Waals surface area contributed by atoms with Crippen molar-refractivity contribution in [1.82, 2.24) is 14.7 Å². The molecule has 0 radical (unpaired) electrons. The second-order valence-electron chi connectivity index (χ2n) is 7.39. The van der Waals surface area contributed by atoms with Gasteiger partial charge in [0, 0.05) is 24.7 Å². The van der Waals surface area contributed by atoms with Gasteiger partial charge in [0.1, 0.15) is 5.82 Å². The summed E-state index contributed by atoms with van der Waals surface area (Å²) in [5.41, 5.74) is 2.63. The van der Waals surface area contributed by atoms with Crippen molar-refractivity contribution in [2.24, 2.45) is 0 Å². The largest absolute Gasteiger partial charge is 0.338 e. The highest BCUT2D eigenvalue weighted by molar-refractivity contribution is 7.12. The normalized spacial score (nSPS) is 14.8. The van der Waals surface area contributed by atoms with E-state index in [9.17, 15) is 9.59 Å². The van der Waals surface area contributed by atoms with E-state index in [1.165, 1.54) is 11.3 Å². The van der Waals surface area contributed by atoms with Gasteiger partial charge in [0.25, 0.3) is 11.8 Å². The second kappa shape index (κ2) is 8.21. The van der Waals surface area contributed by atoms with E-state index in [1.54, 1.807) is 6.20 Å². The van der Waals surface area contributed by atoms with Gasteiger partial charge in [-0.1, -0.05) is 18.2 Å². The Morgan fingerprint density at radius 3 is 2.52 bits per heavy atom. The Labute approximate surface area is 174 Å². The molecule has 1 N–H and O–H groups in total. The molecule has 1 saturated heterocycles. The molecule has 0 saturated carbocycles. The van der Waals surface area contributed by atoms with Crippen LogP contribution in [0.25, 0.3) is 0 Å². The smallest absolute Gasteiger partial charge is 0.264 e. The summed E-state index contributed by atoms with van der Waals surface area (Å²) in [7, 11) is 0. The molecule has 29 heavy (non-hydrogen) atoms. The zero-order valence-electron chi connectivity index (χ0n) is 16.6. The monoisotopic (exact) mass is 408 g/mol. The van der Waals surface area contributed by atoms with Gasteiger partial charge in [-0.15, -0.1) is 11.3 Å². The molecule has 0 bridgehead atoms. The number of carbonyl (C=O) groups excluding carboxylic acids is 2. The van der Waals surface area contributed by atoms with Crippen LogP contribution in [0, 0.1) is 13.8 Å². The lowest BCUT2D eigenvalue weighted by atomic mass is 10.0. The predicted molar refractivity (Wildman–Crippen MR) is 115 cm³/mol. The summed E-state index contributed by atoms with van der Waals surface area (Å²) < 4.78 is 1.88. The fourth-order valence-corrected chi connectivity index (χ4v) is 4.66. The van der Waals surface area contributed by atoms with Crippen molar-refractivity contribution in [2.45, 2.75) is 32.7 Å². The minimum absolute atomic E-state index is 0.115. The number of hydrogen-bond donors (Lipinski definition) is 1. The number of thiophene rings is 1. The molecular formula is C22H24N4O2S. The molecule has 150 valence electrons. The minimum atomic E-state index is -0.134. The van der Waals surface area contributed by atoms with Crippen molar-refractivity contribution in [2.75, 3.05) is 18.4 Å². The Kier molecular flexibility index (Phi) is 5.49. The fraction of sp³-hybridized carbons (Fsp3) is 0.318. The fourth-order valence-electron chi connectivity index (χ4n) is 3.76. The number of benzene rings is 1. The molecule has 0 unspecified atom stereocenters. The Morgan fingerprint density at radius 1 is 1.07 bits per heavy atom. The highest BCUT2D eigenvalue weighted by Crippen LogP contribution is 2.28. The van der Waals surface area contributed by atoms with Gasteiger partial charge >= 0.3 is 0 Å². The van der Waals surface area contributed by atoms with Crippen LogP contribution in [0.2, 0.25) is 0 Å². The number of aromatic nitrogens is 2. The topological polar surface area (TPSA) is 67.2 Å². The van der Waals surface area contributed by atoms with E-state index >= 15 is 0 Å². The van der Waals surface area contributed by atoms with Gasteiger partial charge in [0.15, 0.2) is 0 Å². The number of amides is 2. The van der Waals surface area contributed by atoms with Crippen molar-refractivity contribution >= 4 is 29.0 Å². The molecule has 7 heteroatoms. The van der Waals surface area contributed by atoms with Crippen LogP contribution in [-0.4, -0.2) is 39.6 Å². The van der Waals surface area contributed by atoms with E-state index in [0.29, 0.717) is 24.5 Å². The van der Waals surface area contributed by atoms with Gasteiger partial charge in [-0.05, 0) is 55.3 Å². The van der Waals surface area contributed by atoms with Crippen LogP contribution >= 0.6 is 11.3 Å². The quantitative estimate of drug-likeness (QED) is 0.700. The summed E-state index contributed by atoms with van der Waals surface area (Å²) in [6, 6.07) is 11.5. The van der Waals surface area contributed by atoms with Crippen LogP contribution < -0.4 is 5.32 Å². The highest BCUT2D eigenvalue weighted by Gasteiger charge is 2.27. The number of nitrogens with zero attached hydrogens (tertiary/aromatic N) is 3. The molecule has 3 aromatic rings. The molecule has 0 atom stereocenters. The van der Waals surface area contributed by atoms with E-state index < -0.39 is 0 Å². The average molecular weight is 409 g/mol. The molecule has 4 rings (SSSR count). The first kappa shape index (κ1) is 19.4. The maximum atomic E-state index is 12.7. The maximum Gasteiger partial charge on any atom is 0.264 e. The molecule has 1 fully saturated rings. The van der Waals surface area contributed by atoms with Crippen LogP contribution in [0.3, 0.4) is 0 Å². The summed E-state index contributed by atoms with van der Waals surface area (Å²) in [6.45, 7) is 5.27. The number of rotatable bonds is 4. The Bertz CT molecular complexity index is 1030. The zero-order valence-corrected chi connectivity index (χ0v) is 17.4. The van der Waals surface area contributed by atoms with Gasteiger partial charge in [-0.25, -0.2) is 4.68 Å². The minimum Gasteiger partial charge on any atom is -0.338 e. The highest BCUT2D eigenvalue weighted by atomic mass is 32.1. The van der Waals surface area contributed by atoms with E-state index in [1.807, 2.05) is 65.2 Å². The molecule has 2 amide bonds. The zero-order chi connectivity index (χ0) is 20.4. The number of piperidine rings is 1. The van der Waals surface area contributed by atoms with E-state index in [-0.39, 0.29) is 17.9 Å². The maximum absolute atomic E-state index is 12.7. The molecule has 3 heterocycles. The molecule has 0 aliphatic carbocycles. The van der Waals surface area contributed by atoms with Gasteiger partial charge in [-0.2, -0.15) is 5.10 Å². The van der Waals surface area contributed by atoms with Gasteiger partial charge in [0.05, 0.1) is 17.1 Å². The van der Waals surface area contributed by atoms with Crippen LogP contribution in [0.4, 0.5) is 5.82 Å². The number of nitrogens with one attached hydrogen (secondary N) is 1. The summed E-state index contributed by atoms with van der Waals surface area (Å²) in [5, 5.41) is 9.40. The summed E-state index contributed by atoms with van der Waals surface area (Å²) >= 11 is 1.50. The standard InChI is InChI=1S/C22H24N4O2S/c1-15-5-3-4-6-18(15)21(27)24-19-7-11-23-26(19)17-8-12-25(13-9-17)22(28)20-16(2)10-14-29-20/h3-7,10-11,14,17H,8-9,12-13H2,1-2H3,(H,24,27). The predicted octanol–water partition coefficient (Wildman–Crippen LogP) is 4.29. The van der Waals surface area contributed by atoms with Crippen molar-refractivity contribution in [3.05, 3.63) is 69.5 Å². The van der Waals surface area contributed by atoms with Gasteiger partial charge in [0.2, 0.25) is 0 Å². The van der Waals surface area contributed by atoms with E-state index in [2.05, 4.69) is 10.4 Å². The summed E-state index contributed by atoms with van der Waals surface area (Å²) in [5.74, 6) is 0.673. The number of likely N-dealkylation sites (tertiary alicyclic amines) is 1. The first-order valence-corrected chi connectivity index (χ1v) is 10.7. The average Bonchev–Trinajstić information content (AvgIpc) is 3.36. The Hall–Kier alpha value is -2.93. The number of anilines is 1. The van der Waals surface area contributed by atoms with Crippen molar-refractivity contribution in [1.29, 1.82) is 0 Å². The van der Waals surface area contributed by atoms with Crippen molar-refractivity contribution in [3.63, 3.8) is 0 Å². The number of carbonyl (C=O) groups is 2. The Morgan fingerprint density at radius 2 is 1.83 bits per heavy atom. The molecule has 1 aromatic carbocycles. The molecule has 2 aromatic heterocycles. The molecule has 6 nitrogen and oxygen atoms in total. The van der Waals surface area contributed by atoms with Crippen molar-refractivity contribution < 1.29 is 9.59 Å². The van der Waals surface area contributed by atoms with Crippen LogP contribution in [-0.2, 0) is 0 Å². The molecule has 1 aliphatic rings. The van der Waals surface area contributed by atoms with Gasteiger partial charge in [-0.3, -0.25) is 9.59 Å². The van der Waals surface area contributed by atoms with Gasteiger partial charge < -0.3 is 10.2 Å². The molecular weight excluding hydrogens is 384 g/mol. The van der Waals surface area contributed by atoms with E-state index in [0.717, 1.165) is 28.8 Å². The molecule has 0 spiro atoms. The van der Waals surface area contributed by atoms with Crippen LogP contribution in [0.15, 0.2) is 48.0 Å². The number of aryl methyl sites for hydroxylation is 2. The molecule has 1 aliphatic heterocycles. The first-order chi connectivity index (χ1) is 14.0. The summed E-state index contributed by atoms with van der Waals surface area (Å²) in [4.78, 5) is 28.2. The van der Waals surface area contributed by atoms with Crippen LogP contribution in [0.1, 0.15) is 50.0 Å². The lowest BCUT2D eigenvalue weighted by Crippen LogP contribution is -2.39. The van der Waals surface area contributed by atoms with E-state index in [4.69, 9.17) is 0 Å². The lowest BCUT2D eigenvalue weighted by Gasteiger charge is -2.32. The number of hydrogen-bond acceptors (Lipinski definition) is 4. The third-order valence-corrected chi connectivity index (χ3v) is 6.46. The third kappa shape index (κ3) is 3.96. The second-order valence-corrected chi connectivity index (χ2v) is 8.30. The summed E-state index contributed by atoms with van der Waals surface area (Å²) in [6.07, 6.45) is 3.33.